The smallest absolute Gasteiger partial charge is 0.232 e. The number of morpholine rings is 1. The number of hydrogen-bond acceptors (Lipinski definition) is 3. The molecule has 1 aromatic carbocycles. The minimum Gasteiger partial charge on any atom is -0.378 e. The molecule has 2 rings (SSSR count). The van der Waals surface area contributed by atoms with Crippen LogP contribution in [-0.4, -0.2) is 62.2 Å². The summed E-state index contributed by atoms with van der Waals surface area (Å²) < 4.78 is 5.37. The first-order chi connectivity index (χ1) is 11.9. The number of nitrogens with one attached hydrogen (secondary N) is 2. The lowest BCUT2D eigenvalue weighted by molar-refractivity contribution is -0.136. The van der Waals surface area contributed by atoms with Crippen LogP contribution in [0.15, 0.2) is 35.3 Å². The minimum absolute atomic E-state index is 0.0989. The van der Waals surface area contributed by atoms with Crippen LogP contribution in [0.1, 0.15) is 32.3 Å². The second kappa shape index (κ2) is 8.85. The number of benzene rings is 1. The monoisotopic (exact) mass is 346 g/mol. The van der Waals surface area contributed by atoms with Crippen molar-refractivity contribution in [2.24, 2.45) is 4.99 Å². The van der Waals surface area contributed by atoms with Crippen LogP contribution in [0.2, 0.25) is 0 Å². The summed E-state index contributed by atoms with van der Waals surface area (Å²) in [4.78, 5) is 19.2. The van der Waals surface area contributed by atoms with Crippen LogP contribution in [0.5, 0.6) is 0 Å². The van der Waals surface area contributed by atoms with Crippen molar-refractivity contribution in [3.63, 3.8) is 0 Å². The van der Waals surface area contributed by atoms with Crippen molar-refractivity contribution in [3.05, 3.63) is 35.9 Å². The second-order valence-corrected chi connectivity index (χ2v) is 7.23. The van der Waals surface area contributed by atoms with E-state index in [1.54, 1.807) is 7.05 Å². The molecule has 1 heterocycles. The van der Waals surface area contributed by atoms with E-state index in [4.69, 9.17) is 4.74 Å². The lowest BCUT2D eigenvalue weighted by Gasteiger charge is -2.31. The van der Waals surface area contributed by atoms with Gasteiger partial charge in [-0.15, -0.1) is 0 Å². The van der Waals surface area contributed by atoms with Gasteiger partial charge in [0.25, 0.3) is 0 Å². The molecule has 0 aliphatic carbocycles. The van der Waals surface area contributed by atoms with Gasteiger partial charge in [0.05, 0.1) is 19.1 Å². The Labute approximate surface area is 150 Å². The Morgan fingerprint density at radius 2 is 1.88 bits per heavy atom. The summed E-state index contributed by atoms with van der Waals surface area (Å²) in [5.41, 5.74) is 0.913. The fourth-order valence-electron chi connectivity index (χ4n) is 2.77. The summed E-state index contributed by atoms with van der Waals surface area (Å²) in [7, 11) is 1.74. The molecule has 1 aliphatic heterocycles. The van der Waals surface area contributed by atoms with Gasteiger partial charge in [-0.05, 0) is 26.3 Å². The lowest BCUT2D eigenvalue weighted by Crippen LogP contribution is -2.50. The van der Waals surface area contributed by atoms with Crippen LogP contribution in [0.4, 0.5) is 0 Å². The zero-order valence-electron chi connectivity index (χ0n) is 15.7. The minimum atomic E-state index is -0.252. The van der Waals surface area contributed by atoms with Gasteiger partial charge >= 0.3 is 0 Å². The molecule has 25 heavy (non-hydrogen) atoms. The van der Waals surface area contributed by atoms with Crippen molar-refractivity contribution in [1.82, 2.24) is 15.5 Å². The molecule has 0 spiro atoms. The summed E-state index contributed by atoms with van der Waals surface area (Å²) in [6.45, 7) is 9.24. The SMILES string of the molecule is CN=C(NCC(C(=O)N1CCOCC1)c1ccccc1)NC(C)(C)C. The van der Waals surface area contributed by atoms with E-state index in [-0.39, 0.29) is 17.4 Å². The molecule has 0 radical (unpaired) electrons. The third kappa shape index (κ3) is 6.05. The highest BCUT2D eigenvalue weighted by Gasteiger charge is 2.27. The lowest BCUT2D eigenvalue weighted by atomic mass is 9.97. The third-order valence-electron chi connectivity index (χ3n) is 4.01. The standard InChI is InChI=1S/C19H30N4O2/c1-19(2,3)22-18(20-4)21-14-16(15-8-6-5-7-9-15)17(24)23-10-12-25-13-11-23/h5-9,16H,10-14H2,1-4H3,(H2,20,21,22). The van der Waals surface area contributed by atoms with E-state index in [1.807, 2.05) is 35.2 Å². The van der Waals surface area contributed by atoms with Gasteiger partial charge in [-0.25, -0.2) is 0 Å². The molecule has 138 valence electrons. The molecule has 1 fully saturated rings. The van der Waals surface area contributed by atoms with E-state index in [1.165, 1.54) is 0 Å². The number of guanidine groups is 1. The van der Waals surface area contributed by atoms with Gasteiger partial charge in [0.15, 0.2) is 5.96 Å². The predicted octanol–water partition coefficient (Wildman–Crippen LogP) is 1.59. The molecule has 1 atom stereocenters. The summed E-state index contributed by atoms with van der Waals surface area (Å²) in [6.07, 6.45) is 0. The van der Waals surface area contributed by atoms with Crippen molar-refractivity contribution in [2.45, 2.75) is 32.2 Å². The maximum absolute atomic E-state index is 13.1. The number of carbonyl (C=O) groups excluding carboxylic acids is 1. The summed E-state index contributed by atoms with van der Waals surface area (Å²) in [5, 5.41) is 6.63. The number of hydrogen-bond donors (Lipinski definition) is 2. The van der Waals surface area contributed by atoms with Gasteiger partial charge in [-0.1, -0.05) is 30.3 Å². The Morgan fingerprint density at radius 1 is 1.24 bits per heavy atom. The van der Waals surface area contributed by atoms with Gasteiger partial charge in [0.2, 0.25) is 5.91 Å². The third-order valence-corrected chi connectivity index (χ3v) is 4.01. The highest BCUT2D eigenvalue weighted by molar-refractivity contribution is 5.86. The van der Waals surface area contributed by atoms with E-state index in [2.05, 4.69) is 36.4 Å². The molecule has 1 amide bonds. The average Bonchev–Trinajstić information content (AvgIpc) is 2.61. The van der Waals surface area contributed by atoms with Crippen molar-refractivity contribution in [3.8, 4) is 0 Å². The maximum Gasteiger partial charge on any atom is 0.232 e. The molecule has 1 unspecified atom stereocenters. The van der Waals surface area contributed by atoms with Crippen LogP contribution in [-0.2, 0) is 9.53 Å². The molecule has 6 heteroatoms. The Hall–Kier alpha value is -2.08. The first kappa shape index (κ1) is 19.2. The second-order valence-electron chi connectivity index (χ2n) is 7.23. The molecule has 0 bridgehead atoms. The zero-order chi connectivity index (χ0) is 18.3. The van der Waals surface area contributed by atoms with Crippen LogP contribution < -0.4 is 10.6 Å². The van der Waals surface area contributed by atoms with E-state index < -0.39 is 0 Å². The highest BCUT2D eigenvalue weighted by atomic mass is 16.5. The van der Waals surface area contributed by atoms with Gasteiger partial charge in [0.1, 0.15) is 0 Å². The van der Waals surface area contributed by atoms with E-state index in [0.29, 0.717) is 38.8 Å². The Balaban J connectivity index is 2.11. The average molecular weight is 346 g/mol. The molecule has 6 nitrogen and oxygen atoms in total. The van der Waals surface area contributed by atoms with Crippen LogP contribution in [0.3, 0.4) is 0 Å². The molecule has 1 aliphatic rings. The Kier molecular flexibility index (Phi) is 6.82. The highest BCUT2D eigenvalue weighted by Crippen LogP contribution is 2.19. The van der Waals surface area contributed by atoms with Gasteiger partial charge in [0, 0.05) is 32.2 Å². The fraction of sp³-hybridized carbons (Fsp3) is 0.579. The molecule has 0 saturated carbocycles. The number of amides is 1. The summed E-state index contributed by atoms with van der Waals surface area (Å²) in [6, 6.07) is 9.91. The first-order valence-electron chi connectivity index (χ1n) is 8.81. The van der Waals surface area contributed by atoms with Crippen molar-refractivity contribution < 1.29 is 9.53 Å². The van der Waals surface area contributed by atoms with E-state index in [0.717, 1.165) is 5.56 Å². The topological polar surface area (TPSA) is 66.0 Å². The van der Waals surface area contributed by atoms with Gasteiger partial charge in [-0.2, -0.15) is 0 Å². The number of carbonyl (C=O) groups is 1. The number of nitrogens with zero attached hydrogens (tertiary/aromatic N) is 2. The van der Waals surface area contributed by atoms with Crippen molar-refractivity contribution in [2.75, 3.05) is 39.9 Å². The number of aliphatic imine (C=N–C) groups is 1. The molecule has 0 aromatic heterocycles. The van der Waals surface area contributed by atoms with Crippen LogP contribution >= 0.6 is 0 Å². The summed E-state index contributed by atoms with van der Waals surface area (Å²) in [5.74, 6) is 0.578. The molecular formula is C19H30N4O2. The van der Waals surface area contributed by atoms with Gasteiger partial charge < -0.3 is 20.3 Å². The molecular weight excluding hydrogens is 316 g/mol. The quantitative estimate of drug-likeness (QED) is 0.642. The van der Waals surface area contributed by atoms with E-state index in [9.17, 15) is 4.79 Å². The van der Waals surface area contributed by atoms with Gasteiger partial charge in [-0.3, -0.25) is 9.79 Å². The number of ether oxygens (including phenoxy) is 1. The summed E-state index contributed by atoms with van der Waals surface area (Å²) >= 11 is 0. The van der Waals surface area contributed by atoms with Crippen molar-refractivity contribution in [1.29, 1.82) is 0 Å². The predicted molar refractivity (Wildman–Crippen MR) is 101 cm³/mol. The molecule has 2 N–H and O–H groups in total. The zero-order valence-corrected chi connectivity index (χ0v) is 15.7. The fourth-order valence-corrected chi connectivity index (χ4v) is 2.77. The first-order valence-corrected chi connectivity index (χ1v) is 8.81. The van der Waals surface area contributed by atoms with Crippen LogP contribution in [0, 0.1) is 0 Å². The van der Waals surface area contributed by atoms with Crippen molar-refractivity contribution >= 4 is 11.9 Å². The normalized spacial score (nSPS) is 17.1. The number of rotatable bonds is 4. The Morgan fingerprint density at radius 3 is 2.44 bits per heavy atom. The van der Waals surface area contributed by atoms with E-state index >= 15 is 0 Å². The molecule has 1 aromatic rings. The Bertz CT molecular complexity index is 575. The largest absolute Gasteiger partial charge is 0.378 e. The van der Waals surface area contributed by atoms with Crippen LogP contribution in [0.25, 0.3) is 0 Å². The maximum atomic E-state index is 13.1. The molecule has 1 saturated heterocycles.